The minimum atomic E-state index is -1.57. The molecule has 2 aliphatic rings. The molecular weight excluding hydrogens is 1170 g/mol. The molecule has 3 aromatic rings. The first-order chi connectivity index (χ1) is 42.3. The van der Waals surface area contributed by atoms with Gasteiger partial charge in [0.1, 0.15) is 42.4 Å². The van der Waals surface area contributed by atoms with E-state index in [0.29, 0.717) is 22.7 Å². The van der Waals surface area contributed by atoms with Crippen LogP contribution >= 0.6 is 0 Å². The summed E-state index contributed by atoms with van der Waals surface area (Å²) in [7, 11) is 1.35. The number of aliphatic hydroxyl groups is 1. The van der Waals surface area contributed by atoms with Crippen LogP contribution < -0.4 is 26.6 Å². The van der Waals surface area contributed by atoms with Gasteiger partial charge in [-0.05, 0) is 66.8 Å². The van der Waals surface area contributed by atoms with Gasteiger partial charge in [-0.15, -0.1) is 5.06 Å². The summed E-state index contributed by atoms with van der Waals surface area (Å²) in [6, 6.07) is 7.86. The Balaban J connectivity index is 1.11. The van der Waals surface area contributed by atoms with Crippen LogP contribution in [0.25, 0.3) is 11.1 Å². The highest BCUT2D eigenvalue weighted by Gasteiger charge is 2.42. The predicted octanol–water partition coefficient (Wildman–Crippen LogP) is 2.44. The zero-order valence-electron chi connectivity index (χ0n) is 51.1. The molecule has 9 amide bonds. The van der Waals surface area contributed by atoms with Gasteiger partial charge in [0.2, 0.25) is 41.4 Å². The van der Waals surface area contributed by atoms with E-state index in [1.807, 2.05) is 55.7 Å². The molecule has 0 saturated carbocycles. The maximum Gasteiger partial charge on any atom is 0.333 e. The lowest BCUT2D eigenvalue weighted by Gasteiger charge is -2.41. The molecule has 26 nitrogen and oxygen atoms in total. The first kappa shape index (κ1) is 71.5. The number of nitrogens with one attached hydrogen (secondary N) is 5. The normalized spacial score (nSPS) is 15.5. The third-order valence-corrected chi connectivity index (χ3v) is 14.6. The number of hydroxylamine groups is 2. The largest absolute Gasteiger partial charge is 0.481 e. The topological polar surface area (TPSA) is 340 Å². The van der Waals surface area contributed by atoms with Crippen LogP contribution in [-0.4, -0.2) is 192 Å². The molecule has 0 radical (unpaired) electrons. The van der Waals surface area contributed by atoms with Crippen LogP contribution in [0.5, 0.6) is 0 Å². The van der Waals surface area contributed by atoms with Crippen molar-refractivity contribution in [1.82, 2.24) is 46.0 Å². The molecule has 3 heterocycles. The Morgan fingerprint density at radius 1 is 0.787 bits per heavy atom. The molecule has 89 heavy (non-hydrogen) atoms. The van der Waals surface area contributed by atoms with Crippen LogP contribution in [0.15, 0.2) is 60.8 Å². The molecule has 7 N–H and O–H groups in total. The van der Waals surface area contributed by atoms with Gasteiger partial charge in [-0.25, -0.2) is 13.6 Å². The molecule has 0 bridgehead atoms. The van der Waals surface area contributed by atoms with E-state index < -0.39 is 125 Å². The third-order valence-electron chi connectivity index (χ3n) is 14.6. The van der Waals surface area contributed by atoms with Gasteiger partial charge in [0.15, 0.2) is 0 Å². The molecule has 5 atom stereocenters. The number of carboxylic acids is 1. The number of likely N-dealkylation sites (N-methyl/N-ethyl adjacent to an activating group) is 1. The summed E-state index contributed by atoms with van der Waals surface area (Å²) in [5.74, 6) is -10.1. The fourth-order valence-electron chi connectivity index (χ4n) is 10.3. The summed E-state index contributed by atoms with van der Waals surface area (Å²) in [6.07, 6.45) is 0.800. The highest BCUT2D eigenvalue weighted by Crippen LogP contribution is 2.41. The van der Waals surface area contributed by atoms with Crippen molar-refractivity contribution in [2.75, 3.05) is 72.9 Å². The van der Waals surface area contributed by atoms with Crippen molar-refractivity contribution in [3.05, 3.63) is 83.7 Å². The van der Waals surface area contributed by atoms with E-state index in [1.54, 1.807) is 26.1 Å². The van der Waals surface area contributed by atoms with E-state index in [-0.39, 0.29) is 129 Å². The van der Waals surface area contributed by atoms with Crippen LogP contribution in [0, 0.1) is 23.0 Å². The number of aromatic nitrogens is 1. The summed E-state index contributed by atoms with van der Waals surface area (Å²) >= 11 is 0. The van der Waals surface area contributed by atoms with Crippen molar-refractivity contribution in [3.63, 3.8) is 0 Å². The average Bonchev–Trinajstić information content (AvgIpc) is 1.81. The number of imide groups is 1. The van der Waals surface area contributed by atoms with Gasteiger partial charge in [0.25, 0.3) is 11.8 Å². The lowest BCUT2D eigenvalue weighted by molar-refractivity contribution is -0.197. The number of carboxylic acid groups (broad SMARTS) is 1. The van der Waals surface area contributed by atoms with Gasteiger partial charge in [-0.1, -0.05) is 65.0 Å². The molecule has 0 aliphatic carbocycles. The minimum absolute atomic E-state index is 0.00979. The lowest BCUT2D eigenvalue weighted by atomic mass is 9.82. The zero-order valence-corrected chi connectivity index (χ0v) is 51.1. The Labute approximate surface area is 515 Å². The highest BCUT2D eigenvalue weighted by atomic mass is 19.1. The smallest absolute Gasteiger partial charge is 0.333 e. The number of aliphatic hydroxyl groups excluding tert-OH is 1. The SMILES string of the molecule is CNC(=O)[C@H](CCN(C(=O)CO)[C@@H](c1cc(-c2cc(F)ccc2F)cn1Cc1ccccc1)C(C)(C)C)NC(=O)[C@@H](NC(=O)[C@@H]1CCCN1C(=O)[C@H](CC(=O)O)NC(=O)CCOCCOCCOCCNC(=O)CCCC(=O)ON1C(=O)CCC1=O)C(C)C. The number of likely N-dealkylation sites (tertiary alicyclic amines) is 1. The Bertz CT molecular complexity index is 2940. The van der Waals surface area contributed by atoms with E-state index in [0.717, 1.165) is 28.7 Å². The van der Waals surface area contributed by atoms with Gasteiger partial charge in [0.05, 0.1) is 52.1 Å². The number of hydrogen-bond donors (Lipinski definition) is 7. The highest BCUT2D eigenvalue weighted by molar-refractivity contribution is 6.01. The number of nitrogens with zero attached hydrogens (tertiary/aromatic N) is 4. The van der Waals surface area contributed by atoms with Crippen LogP contribution in [0.4, 0.5) is 8.78 Å². The van der Waals surface area contributed by atoms with Crippen molar-refractivity contribution in [1.29, 1.82) is 0 Å². The number of carbonyl (C=O) groups is 11. The van der Waals surface area contributed by atoms with Crippen LogP contribution in [0.1, 0.15) is 116 Å². The number of aliphatic carboxylic acids is 1. The number of carbonyl (C=O) groups excluding carboxylic acids is 10. The molecule has 2 saturated heterocycles. The van der Waals surface area contributed by atoms with Crippen molar-refractivity contribution in [3.8, 4) is 11.1 Å². The monoisotopic (exact) mass is 1250 g/mol. The van der Waals surface area contributed by atoms with Gasteiger partial charge < -0.3 is 70.2 Å². The fraction of sp³-hybridized carbons (Fsp3) is 0.557. The lowest BCUT2D eigenvalue weighted by Crippen LogP contribution is -2.59. The molecule has 2 aromatic carbocycles. The Hall–Kier alpha value is -8.21. The number of amides is 9. The molecule has 0 unspecified atom stereocenters. The van der Waals surface area contributed by atoms with E-state index in [2.05, 4.69) is 26.6 Å². The zero-order chi connectivity index (χ0) is 65.4. The first-order valence-electron chi connectivity index (χ1n) is 29.6. The van der Waals surface area contributed by atoms with Gasteiger partial charge >= 0.3 is 11.9 Å². The summed E-state index contributed by atoms with van der Waals surface area (Å²) < 4.78 is 48.1. The van der Waals surface area contributed by atoms with Crippen LogP contribution in [0.2, 0.25) is 0 Å². The molecule has 2 aliphatic heterocycles. The van der Waals surface area contributed by atoms with Gasteiger partial charge in [-0.3, -0.25) is 47.9 Å². The van der Waals surface area contributed by atoms with E-state index >= 15 is 4.39 Å². The summed E-state index contributed by atoms with van der Waals surface area (Å²) in [4.78, 5) is 149. The van der Waals surface area contributed by atoms with Crippen molar-refractivity contribution in [2.45, 2.75) is 136 Å². The quantitative estimate of drug-likeness (QED) is 0.0325. The van der Waals surface area contributed by atoms with Crippen LogP contribution in [-0.2, 0) is 78.3 Å². The van der Waals surface area contributed by atoms with E-state index in [9.17, 15) is 67.3 Å². The van der Waals surface area contributed by atoms with Gasteiger partial charge in [0, 0.05) is 88.3 Å². The first-order valence-corrected chi connectivity index (χ1v) is 29.6. The molecule has 28 heteroatoms. The van der Waals surface area contributed by atoms with Gasteiger partial charge in [-0.2, -0.15) is 0 Å². The molecule has 488 valence electrons. The number of ether oxygens (including phenoxy) is 3. The molecular formula is C61H83F2N9O17. The minimum Gasteiger partial charge on any atom is -0.481 e. The second-order valence-electron chi connectivity index (χ2n) is 22.8. The fourth-order valence-corrected chi connectivity index (χ4v) is 10.3. The maximum absolute atomic E-state index is 15.3. The Kier molecular flexibility index (Phi) is 28.2. The third kappa shape index (κ3) is 22.1. The van der Waals surface area contributed by atoms with E-state index in [1.165, 1.54) is 11.9 Å². The summed E-state index contributed by atoms with van der Waals surface area (Å²) in [6.45, 7) is 8.81. The molecule has 5 rings (SSSR count). The Morgan fingerprint density at radius 3 is 2.08 bits per heavy atom. The second kappa shape index (κ2) is 35.1. The standard InChI is InChI=1S/C61H83F2N9O17/c1-38(2)55(59(84)67-44(57(82)64-6)21-25-71(52(78)37-73)56(61(3,4)5)47-32-40(42-33-41(62)17-18-43(42)63)36-69(47)35-39-12-8-7-9-13-39)68-58(83)46-14-11-24-70(46)60(85)45(34-53(79)80)66-49(75)22-26-86-28-30-88-31-29-87-27-23-65-48(74)15-10-16-54(81)89-72-50(76)19-20-51(72)77/h7-9,12-13,17-18,32-33,36,38,44-46,55-56,73H,10-11,14-16,19-31,34-35,37H2,1-6H3,(H,64,82)(H,65,74)(H,66,75)(H,67,84)(H,68,83)(H,79,80)/t44-,45-,46-,55-,56-/m0/s1. The second-order valence-corrected chi connectivity index (χ2v) is 22.8. The average molecular weight is 1250 g/mol. The summed E-state index contributed by atoms with van der Waals surface area (Å²) in [5.41, 5.74) is 0.858. The number of rotatable bonds is 36. The van der Waals surface area contributed by atoms with Crippen molar-refractivity contribution in [2.24, 2.45) is 11.3 Å². The van der Waals surface area contributed by atoms with Crippen LogP contribution in [0.3, 0.4) is 0 Å². The number of benzene rings is 2. The number of hydrogen-bond acceptors (Lipinski definition) is 16. The predicted molar refractivity (Wildman–Crippen MR) is 314 cm³/mol. The summed E-state index contributed by atoms with van der Waals surface area (Å²) in [5, 5.41) is 33.6. The number of halogens is 2. The molecule has 2 fully saturated rings. The molecule has 0 spiro atoms. The Morgan fingerprint density at radius 2 is 1.45 bits per heavy atom. The van der Waals surface area contributed by atoms with Crippen molar-refractivity contribution >= 4 is 65.1 Å². The van der Waals surface area contributed by atoms with Crippen molar-refractivity contribution < 1.29 is 90.8 Å². The maximum atomic E-state index is 15.3. The molecule has 1 aromatic heterocycles. The van der Waals surface area contributed by atoms with E-state index in [4.69, 9.17) is 19.0 Å².